The number of methoxy groups -OCH3 is 2. The van der Waals surface area contributed by atoms with Crippen LogP contribution in [0.2, 0.25) is 0 Å². The molecular weight excluding hydrogens is 392 g/mol. The highest BCUT2D eigenvalue weighted by atomic mass is 16.5. The summed E-state index contributed by atoms with van der Waals surface area (Å²) in [7, 11) is 7.27. The van der Waals surface area contributed by atoms with Crippen LogP contribution >= 0.6 is 0 Å². The van der Waals surface area contributed by atoms with E-state index < -0.39 is 0 Å². The number of hydrogen-bond acceptors (Lipinski definition) is 4. The first-order valence-electron chi connectivity index (χ1n) is 10.8. The zero-order valence-corrected chi connectivity index (χ0v) is 19.9. The number of hydrogen-bond donors (Lipinski definition) is 1. The van der Waals surface area contributed by atoms with E-state index in [1.165, 1.54) is 17.0 Å². The number of unbranched alkanes of at least 4 members (excludes halogenated alkanes) is 1. The molecule has 0 radical (unpaired) electrons. The van der Waals surface area contributed by atoms with E-state index in [0.29, 0.717) is 13.2 Å². The first kappa shape index (κ1) is 24.8. The molecule has 0 saturated carbocycles. The van der Waals surface area contributed by atoms with Crippen molar-refractivity contribution in [1.29, 1.82) is 0 Å². The number of aliphatic imine (C=N–C) groups is 1. The van der Waals surface area contributed by atoms with Crippen molar-refractivity contribution >= 4 is 5.96 Å². The highest BCUT2D eigenvalue weighted by Crippen LogP contribution is 2.23. The summed E-state index contributed by atoms with van der Waals surface area (Å²) in [5.74, 6) is 1.76. The van der Waals surface area contributed by atoms with Crippen LogP contribution in [0.15, 0.2) is 35.3 Å². The maximum Gasteiger partial charge on any atom is 0.193 e. The van der Waals surface area contributed by atoms with E-state index in [0.717, 1.165) is 49.9 Å². The van der Waals surface area contributed by atoms with Crippen molar-refractivity contribution in [1.82, 2.24) is 14.8 Å². The Morgan fingerprint density at radius 3 is 2.45 bits per heavy atom. The van der Waals surface area contributed by atoms with E-state index in [2.05, 4.69) is 58.9 Å². The van der Waals surface area contributed by atoms with Crippen LogP contribution in [0.25, 0.3) is 5.69 Å². The van der Waals surface area contributed by atoms with Crippen LogP contribution in [-0.4, -0.2) is 70.1 Å². The van der Waals surface area contributed by atoms with Gasteiger partial charge in [0.25, 0.3) is 0 Å². The van der Waals surface area contributed by atoms with Gasteiger partial charge < -0.3 is 29.0 Å². The molecule has 0 saturated heterocycles. The first-order valence-corrected chi connectivity index (χ1v) is 10.8. The second-order valence-corrected chi connectivity index (χ2v) is 7.57. The minimum Gasteiger partial charge on any atom is -0.497 e. The Bertz CT molecular complexity index is 815. The third-order valence-corrected chi connectivity index (χ3v) is 5.28. The summed E-state index contributed by atoms with van der Waals surface area (Å²) in [4.78, 5) is 6.60. The molecule has 7 heteroatoms. The normalized spacial score (nSPS) is 11.6. The average molecular weight is 431 g/mol. The van der Waals surface area contributed by atoms with Gasteiger partial charge in [-0.05, 0) is 62.6 Å². The lowest BCUT2D eigenvalue weighted by Gasteiger charge is -2.22. The topological polar surface area (TPSA) is 60.3 Å². The molecule has 1 aromatic heterocycles. The fourth-order valence-corrected chi connectivity index (χ4v) is 3.61. The monoisotopic (exact) mass is 430 g/mol. The van der Waals surface area contributed by atoms with Crippen LogP contribution in [0.4, 0.5) is 0 Å². The summed E-state index contributed by atoms with van der Waals surface area (Å²) in [6.45, 7) is 8.03. The minimum atomic E-state index is 0.648. The molecule has 7 nitrogen and oxygen atoms in total. The van der Waals surface area contributed by atoms with Crippen LogP contribution in [0.3, 0.4) is 0 Å². The lowest BCUT2D eigenvalue weighted by Crippen LogP contribution is -2.39. The molecule has 0 bridgehead atoms. The zero-order valence-electron chi connectivity index (χ0n) is 19.9. The largest absolute Gasteiger partial charge is 0.497 e. The summed E-state index contributed by atoms with van der Waals surface area (Å²) < 4.78 is 18.0. The summed E-state index contributed by atoms with van der Waals surface area (Å²) in [5, 5.41) is 3.45. The third-order valence-electron chi connectivity index (χ3n) is 5.28. The predicted molar refractivity (Wildman–Crippen MR) is 127 cm³/mol. The maximum absolute atomic E-state index is 5.51. The number of rotatable bonds is 12. The van der Waals surface area contributed by atoms with Gasteiger partial charge in [0, 0.05) is 58.0 Å². The number of guanidine groups is 1. The Morgan fingerprint density at radius 1 is 1.06 bits per heavy atom. The molecule has 0 atom stereocenters. The molecule has 2 aromatic rings. The van der Waals surface area contributed by atoms with Crippen molar-refractivity contribution in [2.45, 2.75) is 33.2 Å². The smallest absolute Gasteiger partial charge is 0.193 e. The Morgan fingerprint density at radius 2 is 1.81 bits per heavy atom. The van der Waals surface area contributed by atoms with E-state index in [-0.39, 0.29) is 0 Å². The number of aryl methyl sites for hydroxylation is 1. The molecule has 0 unspecified atom stereocenters. The molecule has 172 valence electrons. The summed E-state index contributed by atoms with van der Waals surface area (Å²) in [6.07, 6.45) is 2.05. The van der Waals surface area contributed by atoms with E-state index in [1.807, 2.05) is 19.2 Å². The molecular formula is C24H38N4O3. The van der Waals surface area contributed by atoms with Crippen molar-refractivity contribution in [2.75, 3.05) is 54.7 Å². The first-order chi connectivity index (χ1) is 15.0. The molecule has 2 rings (SSSR count). The Kier molecular flexibility index (Phi) is 10.4. The molecule has 1 N–H and O–H groups in total. The Labute approximate surface area is 187 Å². The number of benzene rings is 1. The summed E-state index contributed by atoms with van der Waals surface area (Å²) >= 11 is 0. The molecule has 0 aliphatic rings. The second kappa shape index (κ2) is 13.0. The lowest BCUT2D eigenvalue weighted by molar-refractivity contribution is 0.0689. The van der Waals surface area contributed by atoms with Gasteiger partial charge in [-0.1, -0.05) is 0 Å². The summed E-state index contributed by atoms with van der Waals surface area (Å²) in [6, 6.07) is 10.4. The van der Waals surface area contributed by atoms with Crippen molar-refractivity contribution in [2.24, 2.45) is 4.99 Å². The number of nitrogens with one attached hydrogen (secondary N) is 1. The Balaban J connectivity index is 1.90. The molecule has 31 heavy (non-hydrogen) atoms. The van der Waals surface area contributed by atoms with Gasteiger partial charge in [0.2, 0.25) is 0 Å². The fraction of sp³-hybridized carbons (Fsp3) is 0.542. The highest BCUT2D eigenvalue weighted by molar-refractivity contribution is 5.79. The van der Waals surface area contributed by atoms with Crippen LogP contribution in [0.1, 0.15) is 29.8 Å². The predicted octanol–water partition coefficient (Wildman–Crippen LogP) is 3.55. The molecule has 0 aliphatic heterocycles. The summed E-state index contributed by atoms with van der Waals surface area (Å²) in [5.41, 5.74) is 4.87. The van der Waals surface area contributed by atoms with Crippen LogP contribution in [-0.2, 0) is 16.0 Å². The molecule has 0 amide bonds. The molecule has 1 aromatic carbocycles. The van der Waals surface area contributed by atoms with Gasteiger partial charge in [0.1, 0.15) is 5.75 Å². The van der Waals surface area contributed by atoms with Gasteiger partial charge in [-0.25, -0.2) is 0 Å². The maximum atomic E-state index is 5.51. The standard InChI is InChI=1S/C24H38N4O3/c1-19-17-21(20(2)28(19)22-9-11-23(30-6)12-10-22)18-27(4)24(25-3)26-13-7-8-14-31-16-15-29-5/h9-12,17H,7-8,13-16,18H2,1-6H3,(H,25,26). The van der Waals surface area contributed by atoms with Gasteiger partial charge in [-0.2, -0.15) is 0 Å². The van der Waals surface area contributed by atoms with Crippen LogP contribution in [0, 0.1) is 13.8 Å². The van der Waals surface area contributed by atoms with Crippen molar-refractivity contribution in [3.63, 3.8) is 0 Å². The number of aromatic nitrogens is 1. The second-order valence-electron chi connectivity index (χ2n) is 7.57. The lowest BCUT2D eigenvalue weighted by atomic mass is 10.2. The number of nitrogens with zero attached hydrogens (tertiary/aromatic N) is 3. The molecule has 1 heterocycles. The minimum absolute atomic E-state index is 0.648. The van der Waals surface area contributed by atoms with Gasteiger partial charge in [0.05, 0.1) is 20.3 Å². The van der Waals surface area contributed by atoms with Crippen molar-refractivity contribution < 1.29 is 14.2 Å². The van der Waals surface area contributed by atoms with Crippen LogP contribution < -0.4 is 10.1 Å². The Hall–Kier alpha value is -2.51. The highest BCUT2D eigenvalue weighted by Gasteiger charge is 2.14. The third kappa shape index (κ3) is 7.29. The van der Waals surface area contributed by atoms with Gasteiger partial charge in [-0.15, -0.1) is 0 Å². The van der Waals surface area contributed by atoms with Gasteiger partial charge in [0.15, 0.2) is 5.96 Å². The average Bonchev–Trinajstić information content (AvgIpc) is 3.05. The van der Waals surface area contributed by atoms with Crippen molar-refractivity contribution in [3.8, 4) is 11.4 Å². The van der Waals surface area contributed by atoms with E-state index >= 15 is 0 Å². The quantitative estimate of drug-likeness (QED) is 0.317. The molecule has 0 fully saturated rings. The van der Waals surface area contributed by atoms with E-state index in [4.69, 9.17) is 14.2 Å². The van der Waals surface area contributed by atoms with Gasteiger partial charge in [-0.3, -0.25) is 4.99 Å². The molecule has 0 aliphatic carbocycles. The van der Waals surface area contributed by atoms with Gasteiger partial charge >= 0.3 is 0 Å². The van der Waals surface area contributed by atoms with E-state index in [9.17, 15) is 0 Å². The van der Waals surface area contributed by atoms with E-state index in [1.54, 1.807) is 14.2 Å². The SMILES string of the molecule is CN=C(NCCCCOCCOC)N(C)Cc1cc(C)n(-c2ccc(OC)cc2)c1C. The fourth-order valence-electron chi connectivity index (χ4n) is 3.61. The zero-order chi connectivity index (χ0) is 22.6. The van der Waals surface area contributed by atoms with Crippen LogP contribution in [0.5, 0.6) is 5.75 Å². The van der Waals surface area contributed by atoms with Crippen molar-refractivity contribution in [3.05, 3.63) is 47.3 Å². The number of ether oxygens (including phenoxy) is 3. The molecule has 0 spiro atoms.